The summed E-state index contributed by atoms with van der Waals surface area (Å²) in [6.45, 7) is 14.6. The van der Waals surface area contributed by atoms with Crippen molar-refractivity contribution in [3.8, 4) is 27.4 Å². The van der Waals surface area contributed by atoms with Crippen LogP contribution in [0.25, 0.3) is 21.7 Å². The van der Waals surface area contributed by atoms with E-state index in [4.69, 9.17) is 9.97 Å². The maximum atomic E-state index is 14.3. The number of phenols is 1. The first-order valence-electron chi connectivity index (χ1n) is 26.7. The Balaban J connectivity index is 0.635. The zero-order chi connectivity index (χ0) is 51.5. The molecule has 74 heavy (non-hydrogen) atoms. The highest BCUT2D eigenvalue weighted by Gasteiger charge is 2.50. The molecule has 8 heterocycles. The second kappa shape index (κ2) is 20.1. The zero-order valence-electron chi connectivity index (χ0n) is 43.2. The Morgan fingerprint density at radius 1 is 0.932 bits per heavy atom. The summed E-state index contributed by atoms with van der Waals surface area (Å²) in [5, 5.41) is 39.9. The Hall–Kier alpha value is -6.24. The van der Waals surface area contributed by atoms with Crippen LogP contribution in [0.3, 0.4) is 0 Å². The van der Waals surface area contributed by atoms with E-state index in [2.05, 4.69) is 53.9 Å². The number of β-amino-alcohol motifs (C(OH)–C–C–N with tert-alkyl or cyclic N) is 1. The number of urea groups is 1. The molecule has 390 valence electrons. The number of carbonyl (C=O) groups excluding carboxylic acids is 3. The highest BCUT2D eigenvalue weighted by molar-refractivity contribution is 7.13. The van der Waals surface area contributed by atoms with E-state index in [1.54, 1.807) is 17.4 Å². The number of amides is 4. The third kappa shape index (κ3) is 9.80. The van der Waals surface area contributed by atoms with Gasteiger partial charge >= 0.3 is 6.03 Å². The van der Waals surface area contributed by atoms with Crippen molar-refractivity contribution in [2.24, 2.45) is 10.8 Å². The summed E-state index contributed by atoms with van der Waals surface area (Å²) in [6.07, 6.45) is 10.8. The van der Waals surface area contributed by atoms with Crippen LogP contribution in [-0.2, 0) is 16.1 Å². The van der Waals surface area contributed by atoms with Crippen LogP contribution in [0.15, 0.2) is 72.5 Å². The number of hydrogen-bond donors (Lipinski definition) is 5. The number of para-hydroxylation sites is 1. The van der Waals surface area contributed by atoms with Crippen LogP contribution in [0.2, 0.25) is 0 Å². The molecule has 1 aliphatic carbocycles. The first kappa shape index (κ1) is 49.9. The van der Waals surface area contributed by atoms with Crippen LogP contribution in [0.5, 0.6) is 5.75 Å². The highest BCUT2D eigenvalue weighted by atomic mass is 32.1. The number of aliphatic hydroxyl groups excluding tert-OH is 1. The molecule has 0 bridgehead atoms. The lowest BCUT2D eigenvalue weighted by molar-refractivity contribution is -0.142. The molecule has 5 aliphatic heterocycles. The zero-order valence-corrected chi connectivity index (χ0v) is 44.0. The van der Waals surface area contributed by atoms with Gasteiger partial charge in [-0.25, -0.2) is 19.7 Å². The van der Waals surface area contributed by atoms with Gasteiger partial charge in [0.15, 0.2) is 5.82 Å². The Labute approximate surface area is 437 Å². The molecule has 3 aromatic heterocycles. The third-order valence-electron chi connectivity index (χ3n) is 17.3. The van der Waals surface area contributed by atoms with Crippen molar-refractivity contribution in [1.82, 2.24) is 50.5 Å². The fourth-order valence-electron chi connectivity index (χ4n) is 13.0. The number of piperidine rings is 2. The van der Waals surface area contributed by atoms with E-state index in [0.717, 1.165) is 104 Å². The minimum absolute atomic E-state index is 0.0343. The highest BCUT2D eigenvalue weighted by Crippen LogP contribution is 2.47. The Morgan fingerprint density at radius 3 is 2.35 bits per heavy atom. The number of nitrogens with one attached hydrogen (secondary N) is 3. The molecule has 1 spiro atoms. The number of aryl methyl sites for hydroxylation is 1. The number of hydrogen-bond acceptors (Lipinski definition) is 14. The predicted molar refractivity (Wildman–Crippen MR) is 285 cm³/mol. The summed E-state index contributed by atoms with van der Waals surface area (Å²) in [7, 11) is 0. The van der Waals surface area contributed by atoms with Crippen LogP contribution in [0, 0.1) is 17.8 Å². The minimum Gasteiger partial charge on any atom is -0.507 e. The van der Waals surface area contributed by atoms with E-state index in [0.29, 0.717) is 36.3 Å². The lowest BCUT2D eigenvalue weighted by Crippen LogP contribution is -2.66. The normalized spacial score (nSPS) is 24.5. The van der Waals surface area contributed by atoms with Gasteiger partial charge in [0.25, 0.3) is 0 Å². The van der Waals surface area contributed by atoms with Crippen LogP contribution < -0.4 is 20.9 Å². The van der Waals surface area contributed by atoms with E-state index < -0.39 is 23.6 Å². The van der Waals surface area contributed by atoms with Crippen molar-refractivity contribution in [3.05, 3.63) is 94.9 Å². The Kier molecular flexibility index (Phi) is 13.6. The van der Waals surface area contributed by atoms with E-state index in [9.17, 15) is 24.6 Å². The molecule has 11 rings (SSSR count). The van der Waals surface area contributed by atoms with Crippen molar-refractivity contribution in [1.29, 1.82) is 0 Å². The number of phenolic OH excluding ortho intramolecular Hbond substituents is 1. The molecule has 2 aromatic carbocycles. The average molecular weight is 1020 g/mol. The van der Waals surface area contributed by atoms with Crippen molar-refractivity contribution in [2.45, 2.75) is 141 Å². The van der Waals surface area contributed by atoms with Crippen molar-refractivity contribution in [2.75, 3.05) is 49.5 Å². The van der Waals surface area contributed by atoms with Gasteiger partial charge in [0.05, 0.1) is 27.9 Å². The Morgan fingerprint density at radius 2 is 1.66 bits per heavy atom. The van der Waals surface area contributed by atoms with Crippen molar-refractivity contribution >= 4 is 40.9 Å². The van der Waals surface area contributed by atoms with Gasteiger partial charge in [-0.3, -0.25) is 9.59 Å². The second-order valence-electron chi connectivity index (χ2n) is 23.1. The van der Waals surface area contributed by atoms with Gasteiger partial charge in [0.2, 0.25) is 17.8 Å². The summed E-state index contributed by atoms with van der Waals surface area (Å²) in [5.74, 6) is 1.69. The third-order valence-corrected chi connectivity index (χ3v) is 18.2. The standard InChI is InChI=1S/C56H70N12O5S/c1-33-48(74-32-60-33)37-12-10-35(11-13-37)26-57-51(71)45-24-40(69)29-68(45)52(72)49(55(3,4)5)62-54(73)66-30-56(31-66)19-14-39(15-20-56)65-21-16-36(17-22-65)38-27-58-53(59-28-38)67-23-18-43-47(34(67)2)42-25-44(63-64-50(42)61-43)41-8-6-7-9-46(41)70/h6-13,25,27-28,32,34,36,39-40,43,45,47,49,69-70H,14-24,26,29-31H2,1-5H3,(H,57,71)(H,61,64)(H,62,73)/t34-,40+,43?,45-,47?,49+/m0/s1. The van der Waals surface area contributed by atoms with Gasteiger partial charge in [0.1, 0.15) is 17.8 Å². The number of benzene rings is 2. The largest absolute Gasteiger partial charge is 0.507 e. The molecule has 4 amide bonds. The quantitative estimate of drug-likeness (QED) is 0.0951. The minimum atomic E-state index is -0.878. The first-order valence-corrected chi connectivity index (χ1v) is 27.6. The van der Waals surface area contributed by atoms with Gasteiger partial charge in [-0.2, -0.15) is 0 Å². The molecular formula is C56H70N12O5S. The SMILES string of the molecule is Cc1ncsc1-c1ccc(CNC(=O)[C@@H]2C[C@@H](O)CN2C(=O)[C@@H](NC(=O)N2CC3(CCC(N4CCC(c5cnc(N6CCC7Nc8nnc(-c9ccccc9O)cc8C7[C@@H]6C)nc5)CC4)CC3)C2)C(C)(C)C)cc1. The number of thiazole rings is 1. The molecular weight excluding hydrogens is 953 g/mol. The molecule has 2 unspecified atom stereocenters. The average Bonchev–Trinajstić information content (AvgIpc) is 4.12. The summed E-state index contributed by atoms with van der Waals surface area (Å²) >= 11 is 1.59. The van der Waals surface area contributed by atoms with E-state index >= 15 is 0 Å². The van der Waals surface area contributed by atoms with E-state index in [1.165, 1.54) is 10.5 Å². The molecule has 6 aliphatic rings. The van der Waals surface area contributed by atoms with Gasteiger partial charge in [-0.1, -0.05) is 57.2 Å². The van der Waals surface area contributed by atoms with Gasteiger partial charge in [-0.05, 0) is 118 Å². The molecule has 1 saturated carbocycles. The molecule has 4 saturated heterocycles. The number of anilines is 2. The van der Waals surface area contributed by atoms with Crippen LogP contribution in [0.4, 0.5) is 16.6 Å². The number of likely N-dealkylation sites (tertiary alicyclic amines) is 3. The molecule has 5 fully saturated rings. The first-order chi connectivity index (χ1) is 35.6. The van der Waals surface area contributed by atoms with Gasteiger partial charge in [0, 0.05) is 92.1 Å². The van der Waals surface area contributed by atoms with Gasteiger partial charge in [-0.15, -0.1) is 21.5 Å². The number of aromatic nitrogens is 5. The van der Waals surface area contributed by atoms with E-state index in [1.807, 2.05) is 93.0 Å². The maximum absolute atomic E-state index is 14.3. The monoisotopic (exact) mass is 1020 g/mol. The summed E-state index contributed by atoms with van der Waals surface area (Å²) < 4.78 is 0. The van der Waals surface area contributed by atoms with Gasteiger partial charge < -0.3 is 45.8 Å². The molecule has 0 radical (unpaired) electrons. The Bertz CT molecular complexity index is 2850. The number of carbonyl (C=O) groups is 3. The fourth-order valence-corrected chi connectivity index (χ4v) is 13.8. The second-order valence-corrected chi connectivity index (χ2v) is 23.9. The number of rotatable bonds is 10. The molecule has 5 aromatic rings. The number of fused-ring (bicyclic) bond motifs is 3. The lowest BCUT2D eigenvalue weighted by Gasteiger charge is -2.55. The van der Waals surface area contributed by atoms with E-state index in [-0.39, 0.29) is 66.5 Å². The topological polar surface area (TPSA) is 205 Å². The fraction of sp³-hybridized carbons (Fsp3) is 0.536. The van der Waals surface area contributed by atoms with Crippen LogP contribution in [-0.4, -0.2) is 143 Å². The summed E-state index contributed by atoms with van der Waals surface area (Å²) in [5.41, 5.74) is 7.93. The summed E-state index contributed by atoms with van der Waals surface area (Å²) in [4.78, 5) is 65.5. The van der Waals surface area contributed by atoms with Crippen molar-refractivity contribution < 1.29 is 24.6 Å². The van der Waals surface area contributed by atoms with Crippen molar-refractivity contribution in [3.63, 3.8) is 0 Å². The number of aliphatic hydroxyl groups is 1. The van der Waals surface area contributed by atoms with Crippen LogP contribution in [0.1, 0.15) is 113 Å². The molecule has 6 atom stereocenters. The summed E-state index contributed by atoms with van der Waals surface area (Å²) in [6, 6.07) is 16.3. The lowest BCUT2D eigenvalue weighted by atomic mass is 9.67. The molecule has 5 N–H and O–H groups in total. The van der Waals surface area contributed by atoms with Crippen LogP contribution >= 0.6 is 11.3 Å². The number of nitrogens with zero attached hydrogens (tertiary/aromatic N) is 9. The predicted octanol–water partition coefficient (Wildman–Crippen LogP) is 7.07. The smallest absolute Gasteiger partial charge is 0.318 e. The maximum Gasteiger partial charge on any atom is 0.318 e. The molecule has 18 heteroatoms. The number of aromatic hydroxyl groups is 1. The molecule has 17 nitrogen and oxygen atoms in total.